The zero-order valence-electron chi connectivity index (χ0n) is 19.5. The zero-order chi connectivity index (χ0) is 23.6. The summed E-state index contributed by atoms with van der Waals surface area (Å²) in [6.45, 7) is 0. The number of hydrogen-bond acceptors (Lipinski definition) is 4. The minimum absolute atomic E-state index is 0.0419. The Balaban J connectivity index is 1.47. The molecule has 0 atom stereocenters. The first-order valence-corrected chi connectivity index (χ1v) is 12.7. The van der Waals surface area contributed by atoms with Gasteiger partial charge in [0.05, 0.1) is 23.0 Å². The van der Waals surface area contributed by atoms with Gasteiger partial charge < -0.3 is 20.7 Å². The van der Waals surface area contributed by atoms with E-state index in [9.17, 15) is 14.7 Å². The summed E-state index contributed by atoms with van der Waals surface area (Å²) < 4.78 is 17.5. The van der Waals surface area contributed by atoms with E-state index in [2.05, 4.69) is 9.88 Å². The van der Waals surface area contributed by atoms with Crippen LogP contribution in [0.1, 0.15) is 95.5 Å². The maximum absolute atomic E-state index is 15.4. The molecule has 0 aliphatic heterocycles. The summed E-state index contributed by atoms with van der Waals surface area (Å²) in [6.07, 6.45) is 10.1. The van der Waals surface area contributed by atoms with Crippen molar-refractivity contribution in [2.75, 3.05) is 5.32 Å². The Labute approximate surface area is 198 Å². The van der Waals surface area contributed by atoms with Crippen molar-refractivity contribution in [3.8, 4) is 5.69 Å². The van der Waals surface area contributed by atoms with Crippen molar-refractivity contribution >= 4 is 17.4 Å². The molecule has 34 heavy (non-hydrogen) atoms. The highest BCUT2D eigenvalue weighted by Crippen LogP contribution is 2.52. The topological polar surface area (TPSA) is 97.4 Å². The van der Waals surface area contributed by atoms with Crippen LogP contribution in [-0.4, -0.2) is 33.5 Å². The van der Waals surface area contributed by atoms with E-state index in [1.165, 1.54) is 6.07 Å². The minimum atomic E-state index is -0.800. The summed E-state index contributed by atoms with van der Waals surface area (Å²) >= 11 is 0. The Morgan fingerprint density at radius 1 is 1.09 bits per heavy atom. The molecule has 1 aromatic heterocycles. The number of aromatic nitrogens is 1. The van der Waals surface area contributed by atoms with Crippen LogP contribution in [0.4, 0.5) is 10.1 Å². The highest BCUT2D eigenvalue weighted by atomic mass is 19.1. The Morgan fingerprint density at radius 3 is 2.53 bits per heavy atom. The number of nitrogens with zero attached hydrogens (tertiary/aromatic N) is 1. The first kappa shape index (κ1) is 21.8. The first-order valence-electron chi connectivity index (χ1n) is 12.7. The van der Waals surface area contributed by atoms with Crippen LogP contribution in [0.25, 0.3) is 5.69 Å². The Hall–Kier alpha value is -2.67. The molecule has 1 aromatic carbocycles. The van der Waals surface area contributed by atoms with Gasteiger partial charge in [-0.05, 0) is 87.3 Å². The van der Waals surface area contributed by atoms with Crippen LogP contribution in [0.15, 0.2) is 12.1 Å². The van der Waals surface area contributed by atoms with Gasteiger partial charge in [-0.3, -0.25) is 9.59 Å². The van der Waals surface area contributed by atoms with E-state index in [1.54, 1.807) is 0 Å². The number of primary amides is 1. The number of amides is 1. The molecule has 0 bridgehead atoms. The molecule has 6 nitrogen and oxygen atoms in total. The number of Topliss-reactive ketones (excluding diaryl/α,β-unsaturated/α-hetero) is 1. The number of nitrogens with one attached hydrogen (secondary N) is 1. The normalized spacial score (nSPS) is 25.1. The van der Waals surface area contributed by atoms with Gasteiger partial charge in [0, 0.05) is 29.4 Å². The lowest BCUT2D eigenvalue weighted by molar-refractivity contribution is 0.0703. The van der Waals surface area contributed by atoms with Crippen LogP contribution in [0.2, 0.25) is 0 Å². The average Bonchev–Trinajstić information content (AvgIpc) is 3.33. The number of benzene rings is 1. The number of halogens is 1. The quantitative estimate of drug-likeness (QED) is 0.630. The van der Waals surface area contributed by atoms with E-state index in [1.807, 2.05) is 6.07 Å². The predicted octanol–water partition coefficient (Wildman–Crippen LogP) is 4.22. The SMILES string of the molecule is NC(=O)c1c(F)cc(-n2c3c(c4c2CC2(CCC2)CC4=O)CCC3)cc1N[C@H]1CC[C@H](O)CC1. The molecule has 4 aliphatic rings. The molecular weight excluding hydrogens is 433 g/mol. The van der Waals surface area contributed by atoms with Crippen molar-refractivity contribution in [2.24, 2.45) is 11.1 Å². The summed E-state index contributed by atoms with van der Waals surface area (Å²) in [5.74, 6) is -1.20. The molecule has 1 heterocycles. The van der Waals surface area contributed by atoms with Gasteiger partial charge in [0.1, 0.15) is 5.82 Å². The smallest absolute Gasteiger partial charge is 0.253 e. The monoisotopic (exact) mass is 465 g/mol. The molecule has 4 aliphatic carbocycles. The van der Waals surface area contributed by atoms with E-state index in [0.29, 0.717) is 30.6 Å². The Bertz CT molecular complexity index is 1190. The molecule has 0 saturated heterocycles. The molecule has 180 valence electrons. The summed E-state index contributed by atoms with van der Waals surface area (Å²) in [7, 11) is 0. The number of hydrogen-bond donors (Lipinski definition) is 3. The molecule has 6 rings (SSSR count). The number of fused-ring (bicyclic) bond motifs is 3. The summed E-state index contributed by atoms with van der Waals surface area (Å²) in [6, 6.07) is 3.28. The Kier molecular flexibility index (Phi) is 5.10. The Morgan fingerprint density at radius 2 is 1.85 bits per heavy atom. The van der Waals surface area contributed by atoms with Crippen molar-refractivity contribution in [1.29, 1.82) is 0 Å². The molecule has 2 fully saturated rings. The van der Waals surface area contributed by atoms with Crippen LogP contribution in [0.3, 0.4) is 0 Å². The lowest BCUT2D eigenvalue weighted by atomic mass is 9.60. The van der Waals surface area contributed by atoms with Gasteiger partial charge in [-0.15, -0.1) is 0 Å². The molecular formula is C27H32FN3O3. The van der Waals surface area contributed by atoms with Crippen molar-refractivity contribution < 1.29 is 19.1 Å². The van der Waals surface area contributed by atoms with E-state index >= 15 is 4.39 Å². The van der Waals surface area contributed by atoms with Gasteiger partial charge in [0.15, 0.2) is 5.78 Å². The fourth-order valence-electron chi connectivity index (χ4n) is 6.90. The highest BCUT2D eigenvalue weighted by Gasteiger charge is 2.46. The summed E-state index contributed by atoms with van der Waals surface area (Å²) in [4.78, 5) is 25.5. The van der Waals surface area contributed by atoms with Gasteiger partial charge >= 0.3 is 0 Å². The molecule has 1 amide bonds. The number of aliphatic hydroxyl groups is 1. The van der Waals surface area contributed by atoms with E-state index in [-0.39, 0.29) is 28.9 Å². The molecule has 7 heteroatoms. The number of anilines is 1. The standard InChI is InChI=1S/C27H32FN3O3/c28-19-11-16(12-20(25(19)26(29)34)30-15-5-7-17(32)8-6-15)31-21-4-1-3-18(21)24-22(31)13-27(9-2-10-27)14-23(24)33/h11-12,15,17,30,32H,1-10,13-14H2,(H2,29,34)/t15-,17-. The van der Waals surface area contributed by atoms with Crippen molar-refractivity contribution in [1.82, 2.24) is 4.57 Å². The van der Waals surface area contributed by atoms with Crippen LogP contribution in [0.5, 0.6) is 0 Å². The second-order valence-electron chi connectivity index (χ2n) is 10.9. The molecule has 0 radical (unpaired) electrons. The number of carbonyl (C=O) groups excluding carboxylic acids is 2. The predicted molar refractivity (Wildman–Crippen MR) is 127 cm³/mol. The molecule has 2 saturated carbocycles. The largest absolute Gasteiger partial charge is 0.393 e. The number of aliphatic hydroxyl groups excluding tert-OH is 1. The van der Waals surface area contributed by atoms with Crippen LogP contribution < -0.4 is 11.1 Å². The maximum atomic E-state index is 15.4. The maximum Gasteiger partial charge on any atom is 0.253 e. The molecule has 2 aromatic rings. The summed E-state index contributed by atoms with van der Waals surface area (Å²) in [5.41, 5.74) is 10.7. The minimum Gasteiger partial charge on any atom is -0.393 e. The van der Waals surface area contributed by atoms with Crippen LogP contribution in [0, 0.1) is 11.2 Å². The lowest BCUT2D eigenvalue weighted by Crippen LogP contribution is -2.39. The van der Waals surface area contributed by atoms with Crippen LogP contribution in [-0.2, 0) is 19.3 Å². The van der Waals surface area contributed by atoms with Gasteiger partial charge in [-0.25, -0.2) is 4.39 Å². The van der Waals surface area contributed by atoms with Gasteiger partial charge in [-0.1, -0.05) is 6.42 Å². The number of carbonyl (C=O) groups is 2. The lowest BCUT2D eigenvalue weighted by Gasteiger charge is -2.44. The van der Waals surface area contributed by atoms with Crippen molar-refractivity contribution in [2.45, 2.75) is 89.2 Å². The van der Waals surface area contributed by atoms with E-state index in [4.69, 9.17) is 5.73 Å². The van der Waals surface area contributed by atoms with Gasteiger partial charge in [0.2, 0.25) is 0 Å². The third kappa shape index (κ3) is 3.39. The van der Waals surface area contributed by atoms with E-state index < -0.39 is 11.7 Å². The third-order valence-corrected chi connectivity index (χ3v) is 8.73. The fraction of sp³-hybridized carbons (Fsp3) is 0.556. The second kappa shape index (κ2) is 7.94. The van der Waals surface area contributed by atoms with Crippen molar-refractivity contribution in [3.63, 3.8) is 0 Å². The fourth-order valence-corrected chi connectivity index (χ4v) is 6.90. The zero-order valence-corrected chi connectivity index (χ0v) is 19.5. The number of rotatable bonds is 4. The first-order chi connectivity index (χ1) is 16.3. The number of nitrogens with two attached hydrogens (primary N) is 1. The van der Waals surface area contributed by atoms with Crippen LogP contribution >= 0.6 is 0 Å². The second-order valence-corrected chi connectivity index (χ2v) is 10.9. The van der Waals surface area contributed by atoms with Crippen molar-refractivity contribution in [3.05, 3.63) is 46.0 Å². The molecule has 1 spiro atoms. The van der Waals surface area contributed by atoms with E-state index in [0.717, 1.165) is 80.3 Å². The summed E-state index contributed by atoms with van der Waals surface area (Å²) in [5, 5.41) is 13.2. The average molecular weight is 466 g/mol. The molecule has 0 unspecified atom stereocenters. The van der Waals surface area contributed by atoms with Gasteiger partial charge in [-0.2, -0.15) is 0 Å². The number of ketones is 1. The highest BCUT2D eigenvalue weighted by molar-refractivity contribution is 6.02. The van der Waals surface area contributed by atoms with Gasteiger partial charge in [0.25, 0.3) is 5.91 Å². The molecule has 4 N–H and O–H groups in total. The third-order valence-electron chi connectivity index (χ3n) is 8.73.